The Labute approximate surface area is 112 Å². The summed E-state index contributed by atoms with van der Waals surface area (Å²) in [7, 11) is 3.08. The first-order valence-electron chi connectivity index (χ1n) is 5.96. The minimum absolute atomic E-state index is 0.0961. The highest BCUT2D eigenvalue weighted by Crippen LogP contribution is 2.22. The van der Waals surface area contributed by atoms with Gasteiger partial charge in [-0.25, -0.2) is 0 Å². The van der Waals surface area contributed by atoms with E-state index in [1.165, 1.54) is 12.0 Å². The summed E-state index contributed by atoms with van der Waals surface area (Å²) in [5.74, 6) is 0.336. The van der Waals surface area contributed by atoms with E-state index in [9.17, 15) is 4.79 Å². The summed E-state index contributed by atoms with van der Waals surface area (Å²) in [6.45, 7) is 0.994. The van der Waals surface area contributed by atoms with Gasteiger partial charge in [-0.3, -0.25) is 4.79 Å². The van der Waals surface area contributed by atoms with Gasteiger partial charge in [0.05, 0.1) is 26.0 Å². The average molecular weight is 268 g/mol. The summed E-state index contributed by atoms with van der Waals surface area (Å²) in [5, 5.41) is 8.99. The van der Waals surface area contributed by atoms with Crippen LogP contribution in [0.25, 0.3) is 0 Å². The Morgan fingerprint density at radius 1 is 1.37 bits per heavy atom. The number of carbonyl (C=O) groups is 1. The summed E-state index contributed by atoms with van der Waals surface area (Å²) in [5.41, 5.74) is 6.64. The Morgan fingerprint density at radius 3 is 2.63 bits per heavy atom. The van der Waals surface area contributed by atoms with Crippen molar-refractivity contribution in [3.8, 4) is 5.75 Å². The molecule has 0 fully saturated rings. The van der Waals surface area contributed by atoms with E-state index in [-0.39, 0.29) is 19.1 Å². The van der Waals surface area contributed by atoms with Crippen LogP contribution in [0.5, 0.6) is 5.75 Å². The average Bonchev–Trinajstić information content (AvgIpc) is 2.42. The number of nitrogen functional groups attached to an aromatic ring is 1. The van der Waals surface area contributed by atoms with Crippen molar-refractivity contribution in [1.82, 2.24) is 4.90 Å². The van der Waals surface area contributed by atoms with Crippen LogP contribution in [0.2, 0.25) is 0 Å². The number of nitrogens with two attached hydrogens (primary N) is 1. The van der Waals surface area contributed by atoms with Crippen molar-refractivity contribution in [2.75, 3.05) is 46.3 Å². The zero-order chi connectivity index (χ0) is 14.3. The predicted octanol–water partition coefficient (Wildman–Crippen LogP) is 0.358. The minimum Gasteiger partial charge on any atom is -0.495 e. The molecule has 0 atom stereocenters. The molecule has 6 heteroatoms. The monoisotopic (exact) mass is 268 g/mol. The van der Waals surface area contributed by atoms with Gasteiger partial charge in [0.15, 0.2) is 0 Å². The molecule has 0 aliphatic heterocycles. The Kier molecular flexibility index (Phi) is 6.11. The number of hydrogen-bond acceptors (Lipinski definition) is 5. The number of aliphatic hydroxyl groups is 1. The largest absolute Gasteiger partial charge is 0.495 e. The van der Waals surface area contributed by atoms with Crippen LogP contribution in [0.3, 0.4) is 0 Å². The third kappa shape index (κ3) is 4.11. The van der Waals surface area contributed by atoms with Crippen LogP contribution in [-0.4, -0.2) is 56.4 Å². The van der Waals surface area contributed by atoms with Crippen LogP contribution in [0.1, 0.15) is 10.4 Å². The van der Waals surface area contributed by atoms with Crippen LogP contribution < -0.4 is 10.5 Å². The van der Waals surface area contributed by atoms with E-state index in [0.29, 0.717) is 30.2 Å². The lowest BCUT2D eigenvalue weighted by atomic mass is 10.1. The SMILES string of the molecule is COCCN(CCO)C(=O)c1ccc(OC)c(N)c1. The number of nitrogens with zero attached hydrogens (tertiary/aromatic N) is 1. The van der Waals surface area contributed by atoms with Crippen LogP contribution >= 0.6 is 0 Å². The maximum atomic E-state index is 12.3. The molecule has 106 valence electrons. The Morgan fingerprint density at radius 2 is 2.11 bits per heavy atom. The van der Waals surface area contributed by atoms with Crippen molar-refractivity contribution in [2.45, 2.75) is 0 Å². The normalized spacial score (nSPS) is 10.3. The molecule has 1 aromatic rings. The topological polar surface area (TPSA) is 85.0 Å². The smallest absolute Gasteiger partial charge is 0.254 e. The molecule has 3 N–H and O–H groups in total. The Bertz CT molecular complexity index is 423. The molecule has 1 amide bonds. The minimum atomic E-state index is -0.194. The summed E-state index contributed by atoms with van der Waals surface area (Å²) < 4.78 is 9.99. The number of hydrogen-bond donors (Lipinski definition) is 2. The van der Waals surface area contributed by atoms with Gasteiger partial charge in [0.25, 0.3) is 5.91 Å². The fourth-order valence-corrected chi connectivity index (χ4v) is 1.69. The summed E-state index contributed by atoms with van der Waals surface area (Å²) in [6, 6.07) is 4.86. The molecule has 0 bridgehead atoms. The first-order valence-corrected chi connectivity index (χ1v) is 5.96. The molecular formula is C13H20N2O4. The second-order valence-electron chi connectivity index (χ2n) is 3.97. The van der Waals surface area contributed by atoms with Gasteiger partial charge < -0.3 is 25.2 Å². The lowest BCUT2D eigenvalue weighted by Crippen LogP contribution is -2.36. The number of rotatable bonds is 7. The number of methoxy groups -OCH3 is 2. The standard InChI is InChI=1S/C13H20N2O4/c1-18-8-6-15(5-7-16)13(17)10-3-4-12(19-2)11(14)9-10/h3-4,9,16H,5-8,14H2,1-2H3. The number of amides is 1. The van der Waals surface area contributed by atoms with Crippen molar-refractivity contribution in [2.24, 2.45) is 0 Å². The highest BCUT2D eigenvalue weighted by Gasteiger charge is 2.16. The van der Waals surface area contributed by atoms with E-state index in [0.717, 1.165) is 0 Å². The van der Waals surface area contributed by atoms with Crippen molar-refractivity contribution < 1.29 is 19.4 Å². The molecule has 1 rings (SSSR count). The Hall–Kier alpha value is -1.79. The van der Waals surface area contributed by atoms with E-state index in [1.807, 2.05) is 0 Å². The first kappa shape index (κ1) is 15.3. The molecule has 0 aliphatic carbocycles. The molecule has 19 heavy (non-hydrogen) atoms. The molecule has 0 aliphatic rings. The highest BCUT2D eigenvalue weighted by molar-refractivity contribution is 5.95. The molecule has 0 aromatic heterocycles. The summed E-state index contributed by atoms with van der Waals surface area (Å²) in [6.07, 6.45) is 0. The van der Waals surface area contributed by atoms with Gasteiger partial charge in [-0.15, -0.1) is 0 Å². The van der Waals surface area contributed by atoms with E-state index in [1.54, 1.807) is 25.3 Å². The number of anilines is 1. The third-order valence-corrected chi connectivity index (χ3v) is 2.70. The number of carbonyl (C=O) groups excluding carboxylic acids is 1. The molecule has 6 nitrogen and oxygen atoms in total. The highest BCUT2D eigenvalue weighted by atomic mass is 16.5. The molecule has 0 heterocycles. The van der Waals surface area contributed by atoms with Crippen LogP contribution in [0.4, 0.5) is 5.69 Å². The van der Waals surface area contributed by atoms with Crippen molar-refractivity contribution >= 4 is 11.6 Å². The fraction of sp³-hybridized carbons (Fsp3) is 0.462. The van der Waals surface area contributed by atoms with Crippen LogP contribution in [0.15, 0.2) is 18.2 Å². The van der Waals surface area contributed by atoms with Crippen molar-refractivity contribution in [1.29, 1.82) is 0 Å². The van der Waals surface area contributed by atoms with Gasteiger partial charge in [0, 0.05) is 25.8 Å². The molecule has 0 radical (unpaired) electrons. The number of ether oxygens (including phenoxy) is 2. The zero-order valence-corrected chi connectivity index (χ0v) is 11.3. The molecule has 0 unspecified atom stereocenters. The molecule has 0 saturated carbocycles. The van der Waals surface area contributed by atoms with Gasteiger partial charge in [0.1, 0.15) is 5.75 Å². The molecule has 0 spiro atoms. The second-order valence-corrected chi connectivity index (χ2v) is 3.97. The van der Waals surface area contributed by atoms with Crippen molar-refractivity contribution in [3.63, 3.8) is 0 Å². The van der Waals surface area contributed by atoms with Gasteiger partial charge in [-0.2, -0.15) is 0 Å². The summed E-state index contributed by atoms with van der Waals surface area (Å²) >= 11 is 0. The molecule has 0 saturated heterocycles. The maximum Gasteiger partial charge on any atom is 0.254 e. The lowest BCUT2D eigenvalue weighted by molar-refractivity contribution is 0.0656. The lowest BCUT2D eigenvalue weighted by Gasteiger charge is -2.21. The van der Waals surface area contributed by atoms with Crippen LogP contribution in [-0.2, 0) is 4.74 Å². The zero-order valence-electron chi connectivity index (χ0n) is 11.3. The van der Waals surface area contributed by atoms with Gasteiger partial charge in [0.2, 0.25) is 0 Å². The molecular weight excluding hydrogens is 248 g/mol. The number of benzene rings is 1. The number of aliphatic hydroxyl groups excluding tert-OH is 1. The van der Waals surface area contributed by atoms with E-state index in [4.69, 9.17) is 20.3 Å². The third-order valence-electron chi connectivity index (χ3n) is 2.70. The van der Waals surface area contributed by atoms with E-state index >= 15 is 0 Å². The van der Waals surface area contributed by atoms with E-state index in [2.05, 4.69) is 0 Å². The van der Waals surface area contributed by atoms with Gasteiger partial charge in [-0.1, -0.05) is 0 Å². The van der Waals surface area contributed by atoms with E-state index < -0.39 is 0 Å². The van der Waals surface area contributed by atoms with Gasteiger partial charge in [-0.05, 0) is 18.2 Å². The van der Waals surface area contributed by atoms with Crippen molar-refractivity contribution in [3.05, 3.63) is 23.8 Å². The summed E-state index contributed by atoms with van der Waals surface area (Å²) in [4.78, 5) is 13.8. The predicted molar refractivity (Wildman–Crippen MR) is 72.3 cm³/mol. The Balaban J connectivity index is 2.86. The maximum absolute atomic E-state index is 12.3. The van der Waals surface area contributed by atoms with Crippen LogP contribution in [0, 0.1) is 0 Å². The fourth-order valence-electron chi connectivity index (χ4n) is 1.69. The first-order chi connectivity index (χ1) is 9.13. The van der Waals surface area contributed by atoms with Gasteiger partial charge >= 0.3 is 0 Å². The quantitative estimate of drug-likeness (QED) is 0.697. The second kappa shape index (κ2) is 7.60. The molecule has 1 aromatic carbocycles.